The number of benzene rings is 2. The van der Waals surface area contributed by atoms with Crippen LogP contribution in [-0.2, 0) is 5.41 Å². The Morgan fingerprint density at radius 1 is 1.00 bits per heavy atom. The molecule has 2 aromatic carbocycles. The van der Waals surface area contributed by atoms with Crippen LogP contribution in [0.25, 0.3) is 0 Å². The van der Waals surface area contributed by atoms with Gasteiger partial charge in [-0.25, -0.2) is 0 Å². The fourth-order valence-electron chi connectivity index (χ4n) is 3.91. The van der Waals surface area contributed by atoms with E-state index in [9.17, 15) is 0 Å². The first-order valence-electron chi connectivity index (χ1n) is 7.79. The fraction of sp³-hybridized carbons (Fsp3) is 0.316. The monoisotopic (exact) mass is 290 g/mol. The first kappa shape index (κ1) is 13.2. The first-order chi connectivity index (χ1) is 10.8. The minimum Gasteiger partial charge on any atom is -0.484 e. The number of para-hydroxylation sites is 1. The third-order valence-corrected chi connectivity index (χ3v) is 5.07. The summed E-state index contributed by atoms with van der Waals surface area (Å²) in [5.41, 5.74) is 2.52. The van der Waals surface area contributed by atoms with Gasteiger partial charge < -0.3 is 9.64 Å². The molecule has 1 spiro atoms. The first-order valence-corrected chi connectivity index (χ1v) is 7.79. The highest BCUT2D eigenvalue weighted by molar-refractivity contribution is 5.48. The third kappa shape index (κ3) is 1.88. The SMILES string of the molecule is N#CN1CCC2(CC1)c1ccccc1OC2c1ccccc1. The summed E-state index contributed by atoms with van der Waals surface area (Å²) in [7, 11) is 0. The predicted octanol–water partition coefficient (Wildman–Crippen LogP) is 3.63. The van der Waals surface area contributed by atoms with Gasteiger partial charge in [0.05, 0.1) is 0 Å². The molecule has 0 amide bonds. The van der Waals surface area contributed by atoms with E-state index in [0.717, 1.165) is 31.7 Å². The van der Waals surface area contributed by atoms with Gasteiger partial charge >= 0.3 is 0 Å². The van der Waals surface area contributed by atoms with Crippen LogP contribution in [0.1, 0.15) is 30.1 Å². The van der Waals surface area contributed by atoms with Crippen molar-refractivity contribution in [1.82, 2.24) is 4.90 Å². The van der Waals surface area contributed by atoms with Crippen molar-refractivity contribution >= 4 is 0 Å². The van der Waals surface area contributed by atoms with Gasteiger partial charge in [-0.3, -0.25) is 0 Å². The highest BCUT2D eigenvalue weighted by Crippen LogP contribution is 2.55. The smallest absolute Gasteiger partial charge is 0.179 e. The molecule has 110 valence electrons. The molecule has 3 nitrogen and oxygen atoms in total. The maximum Gasteiger partial charge on any atom is 0.179 e. The average Bonchev–Trinajstić information content (AvgIpc) is 2.91. The van der Waals surface area contributed by atoms with Crippen LogP contribution in [0.5, 0.6) is 5.75 Å². The second-order valence-electron chi connectivity index (χ2n) is 6.15. The highest BCUT2D eigenvalue weighted by Gasteiger charge is 2.50. The van der Waals surface area contributed by atoms with Crippen molar-refractivity contribution in [2.24, 2.45) is 0 Å². The summed E-state index contributed by atoms with van der Waals surface area (Å²) in [5.74, 6) is 1.00. The fourth-order valence-corrected chi connectivity index (χ4v) is 3.91. The zero-order valence-electron chi connectivity index (χ0n) is 12.4. The van der Waals surface area contributed by atoms with E-state index in [1.807, 2.05) is 17.0 Å². The number of piperidine rings is 1. The Morgan fingerprint density at radius 3 is 2.41 bits per heavy atom. The molecule has 2 aromatic rings. The van der Waals surface area contributed by atoms with Gasteiger partial charge in [0.15, 0.2) is 6.19 Å². The standard InChI is InChI=1S/C19H18N2O/c20-14-21-12-10-19(11-13-21)16-8-4-5-9-17(16)22-18(19)15-6-2-1-3-7-15/h1-9,18H,10-13H2. The molecule has 2 aliphatic rings. The van der Waals surface area contributed by atoms with Crippen molar-refractivity contribution in [3.05, 3.63) is 65.7 Å². The Bertz CT molecular complexity index is 712. The molecule has 0 saturated carbocycles. The number of likely N-dealkylation sites (tertiary alicyclic amines) is 1. The van der Waals surface area contributed by atoms with Crippen LogP contribution in [0.3, 0.4) is 0 Å². The van der Waals surface area contributed by atoms with Crippen LogP contribution in [0.2, 0.25) is 0 Å². The molecule has 2 heterocycles. The van der Waals surface area contributed by atoms with Crippen molar-refractivity contribution in [3.63, 3.8) is 0 Å². The van der Waals surface area contributed by atoms with E-state index in [2.05, 4.69) is 48.7 Å². The lowest BCUT2D eigenvalue weighted by atomic mass is 9.68. The normalized spacial score (nSPS) is 22.0. The minimum atomic E-state index is -0.00863. The molecule has 1 unspecified atom stereocenters. The van der Waals surface area contributed by atoms with Crippen molar-refractivity contribution in [1.29, 1.82) is 5.26 Å². The van der Waals surface area contributed by atoms with Crippen molar-refractivity contribution in [3.8, 4) is 11.9 Å². The van der Waals surface area contributed by atoms with Crippen molar-refractivity contribution in [2.45, 2.75) is 24.4 Å². The molecule has 3 heteroatoms. The van der Waals surface area contributed by atoms with Crippen LogP contribution in [0.4, 0.5) is 0 Å². The van der Waals surface area contributed by atoms with E-state index in [0.29, 0.717) is 0 Å². The number of nitrogens with zero attached hydrogens (tertiary/aromatic N) is 2. The van der Waals surface area contributed by atoms with Gasteiger partial charge in [-0.2, -0.15) is 5.26 Å². The Kier molecular flexibility index (Phi) is 3.04. The van der Waals surface area contributed by atoms with E-state index in [1.165, 1.54) is 11.1 Å². The predicted molar refractivity (Wildman–Crippen MR) is 84.4 cm³/mol. The molecular weight excluding hydrogens is 272 g/mol. The molecule has 4 rings (SSSR count). The Labute approximate surface area is 130 Å². The third-order valence-electron chi connectivity index (χ3n) is 5.07. The average molecular weight is 290 g/mol. The summed E-state index contributed by atoms with van der Waals surface area (Å²) in [6.45, 7) is 1.61. The minimum absolute atomic E-state index is 0.00863. The molecular formula is C19H18N2O. The van der Waals surface area contributed by atoms with Gasteiger partial charge in [0.25, 0.3) is 0 Å². The Balaban J connectivity index is 1.79. The van der Waals surface area contributed by atoms with Gasteiger partial charge in [0.2, 0.25) is 0 Å². The van der Waals surface area contributed by atoms with Gasteiger partial charge in [-0.1, -0.05) is 48.5 Å². The van der Waals surface area contributed by atoms with Gasteiger partial charge in [0, 0.05) is 24.1 Å². The summed E-state index contributed by atoms with van der Waals surface area (Å²) < 4.78 is 6.35. The van der Waals surface area contributed by atoms with Gasteiger partial charge in [-0.15, -0.1) is 0 Å². The number of ether oxygens (including phenoxy) is 1. The molecule has 1 saturated heterocycles. The van der Waals surface area contributed by atoms with Crippen molar-refractivity contribution in [2.75, 3.05) is 13.1 Å². The Morgan fingerprint density at radius 2 is 1.68 bits per heavy atom. The maximum atomic E-state index is 9.15. The molecule has 1 atom stereocenters. The van der Waals surface area contributed by atoms with E-state index in [-0.39, 0.29) is 11.5 Å². The Hall–Kier alpha value is -2.47. The summed E-state index contributed by atoms with van der Waals surface area (Å²) in [6, 6.07) is 18.9. The second kappa shape index (κ2) is 5.06. The quantitative estimate of drug-likeness (QED) is 0.752. The summed E-state index contributed by atoms with van der Waals surface area (Å²) >= 11 is 0. The molecule has 0 bridgehead atoms. The van der Waals surface area contributed by atoms with E-state index in [1.54, 1.807) is 0 Å². The molecule has 1 fully saturated rings. The van der Waals surface area contributed by atoms with E-state index >= 15 is 0 Å². The number of nitriles is 1. The lowest BCUT2D eigenvalue weighted by Crippen LogP contribution is -2.43. The van der Waals surface area contributed by atoms with Crippen LogP contribution >= 0.6 is 0 Å². The number of hydrogen-bond acceptors (Lipinski definition) is 3. The zero-order valence-corrected chi connectivity index (χ0v) is 12.4. The topological polar surface area (TPSA) is 36.3 Å². The summed E-state index contributed by atoms with van der Waals surface area (Å²) in [6.07, 6.45) is 4.24. The second-order valence-corrected chi connectivity index (χ2v) is 6.15. The molecule has 0 aromatic heterocycles. The van der Waals surface area contributed by atoms with Gasteiger partial charge in [0.1, 0.15) is 11.9 Å². The molecule has 0 N–H and O–H groups in total. The largest absolute Gasteiger partial charge is 0.484 e. The molecule has 0 radical (unpaired) electrons. The lowest BCUT2D eigenvalue weighted by molar-refractivity contribution is 0.0946. The van der Waals surface area contributed by atoms with Gasteiger partial charge in [-0.05, 0) is 24.5 Å². The van der Waals surface area contributed by atoms with Crippen LogP contribution < -0.4 is 4.74 Å². The zero-order chi connectivity index (χ0) is 15.0. The van der Waals surface area contributed by atoms with E-state index < -0.39 is 0 Å². The van der Waals surface area contributed by atoms with Crippen LogP contribution in [0.15, 0.2) is 54.6 Å². The maximum absolute atomic E-state index is 9.15. The highest BCUT2D eigenvalue weighted by atomic mass is 16.5. The molecule has 22 heavy (non-hydrogen) atoms. The lowest BCUT2D eigenvalue weighted by Gasteiger charge is -2.40. The summed E-state index contributed by atoms with van der Waals surface area (Å²) in [4.78, 5) is 1.86. The van der Waals surface area contributed by atoms with Crippen molar-refractivity contribution < 1.29 is 4.74 Å². The number of fused-ring (bicyclic) bond motifs is 2. The van der Waals surface area contributed by atoms with E-state index in [4.69, 9.17) is 10.00 Å². The molecule has 0 aliphatic carbocycles. The summed E-state index contributed by atoms with van der Waals surface area (Å²) in [5, 5.41) is 9.15. The number of hydrogen-bond donors (Lipinski definition) is 0. The molecule has 2 aliphatic heterocycles. The number of rotatable bonds is 1. The van der Waals surface area contributed by atoms with Crippen LogP contribution in [0, 0.1) is 11.5 Å². The van der Waals surface area contributed by atoms with Crippen LogP contribution in [-0.4, -0.2) is 18.0 Å².